The highest BCUT2D eigenvalue weighted by Gasteiger charge is 2.12. The average molecular weight is 440 g/mol. The SMILES string of the molecule is N#CCCn1cc(-c2cccc3nc(Cc4ccc(CCCN5CCCC5)cc4)nn23)cn1. The molecule has 0 atom stereocenters. The zero-order valence-corrected chi connectivity index (χ0v) is 18.9. The lowest BCUT2D eigenvalue weighted by Gasteiger charge is -2.13. The van der Waals surface area contributed by atoms with E-state index in [4.69, 9.17) is 15.3 Å². The number of fused-ring (bicyclic) bond motifs is 1. The van der Waals surface area contributed by atoms with Gasteiger partial charge in [0.1, 0.15) is 0 Å². The number of nitrogens with zero attached hydrogens (tertiary/aromatic N) is 7. The van der Waals surface area contributed by atoms with E-state index >= 15 is 0 Å². The molecule has 0 spiro atoms. The molecule has 1 aliphatic rings. The highest BCUT2D eigenvalue weighted by atomic mass is 15.3. The first-order chi connectivity index (χ1) is 16.3. The topological polar surface area (TPSA) is 75.0 Å². The van der Waals surface area contributed by atoms with E-state index in [-0.39, 0.29) is 0 Å². The van der Waals surface area contributed by atoms with Gasteiger partial charge in [0.15, 0.2) is 11.5 Å². The molecule has 3 aromatic heterocycles. The van der Waals surface area contributed by atoms with Crippen LogP contribution in [0, 0.1) is 11.3 Å². The van der Waals surface area contributed by atoms with Crippen LogP contribution < -0.4 is 0 Å². The van der Waals surface area contributed by atoms with Crippen molar-refractivity contribution in [1.82, 2.24) is 29.3 Å². The van der Waals surface area contributed by atoms with Crippen LogP contribution in [0.15, 0.2) is 54.9 Å². The fourth-order valence-electron chi connectivity index (χ4n) is 4.55. The van der Waals surface area contributed by atoms with E-state index < -0.39 is 0 Å². The molecule has 0 N–H and O–H groups in total. The van der Waals surface area contributed by atoms with Gasteiger partial charge < -0.3 is 4.90 Å². The van der Waals surface area contributed by atoms with Crippen molar-refractivity contribution in [2.24, 2.45) is 0 Å². The Morgan fingerprint density at radius 3 is 2.61 bits per heavy atom. The highest BCUT2D eigenvalue weighted by Crippen LogP contribution is 2.20. The molecule has 4 heterocycles. The molecule has 0 bridgehead atoms. The van der Waals surface area contributed by atoms with Crippen molar-refractivity contribution in [3.05, 3.63) is 71.8 Å². The van der Waals surface area contributed by atoms with Crippen LogP contribution in [-0.4, -0.2) is 48.9 Å². The molecule has 1 aromatic carbocycles. The first kappa shape index (κ1) is 21.4. The Bertz CT molecular complexity index is 1240. The van der Waals surface area contributed by atoms with Crippen molar-refractivity contribution in [2.75, 3.05) is 19.6 Å². The van der Waals surface area contributed by atoms with Crippen LogP contribution in [0.3, 0.4) is 0 Å². The molecule has 0 radical (unpaired) electrons. The maximum Gasteiger partial charge on any atom is 0.156 e. The van der Waals surface area contributed by atoms with Crippen molar-refractivity contribution >= 4 is 5.65 Å². The third kappa shape index (κ3) is 5.12. The molecule has 33 heavy (non-hydrogen) atoms. The Morgan fingerprint density at radius 1 is 0.970 bits per heavy atom. The molecule has 1 saturated heterocycles. The summed E-state index contributed by atoms with van der Waals surface area (Å²) in [6.07, 6.45) is 10.00. The number of hydrogen-bond acceptors (Lipinski definition) is 5. The quantitative estimate of drug-likeness (QED) is 0.392. The number of rotatable bonds is 9. The van der Waals surface area contributed by atoms with Gasteiger partial charge in [0.05, 0.1) is 30.9 Å². The smallest absolute Gasteiger partial charge is 0.156 e. The van der Waals surface area contributed by atoms with Crippen LogP contribution in [0.1, 0.15) is 42.6 Å². The molecule has 7 nitrogen and oxygen atoms in total. The lowest BCUT2D eigenvalue weighted by atomic mass is 10.1. The molecule has 0 saturated carbocycles. The van der Waals surface area contributed by atoms with Crippen molar-refractivity contribution in [3.8, 4) is 17.3 Å². The fraction of sp³-hybridized carbons (Fsp3) is 0.385. The van der Waals surface area contributed by atoms with Gasteiger partial charge in [-0.25, -0.2) is 9.50 Å². The number of benzene rings is 1. The van der Waals surface area contributed by atoms with E-state index in [9.17, 15) is 0 Å². The van der Waals surface area contributed by atoms with Crippen LogP contribution in [0.4, 0.5) is 0 Å². The summed E-state index contributed by atoms with van der Waals surface area (Å²) in [5.41, 5.74) is 5.36. The molecule has 168 valence electrons. The minimum atomic E-state index is 0.441. The normalized spacial score (nSPS) is 14.2. The van der Waals surface area contributed by atoms with Gasteiger partial charge in [0, 0.05) is 18.2 Å². The second kappa shape index (κ2) is 9.97. The molecule has 4 aromatic rings. The molecule has 1 fully saturated rings. The van der Waals surface area contributed by atoms with Crippen molar-refractivity contribution in [3.63, 3.8) is 0 Å². The number of likely N-dealkylation sites (tertiary alicyclic amines) is 1. The van der Waals surface area contributed by atoms with E-state index in [0.29, 0.717) is 19.4 Å². The van der Waals surface area contributed by atoms with Crippen LogP contribution >= 0.6 is 0 Å². The van der Waals surface area contributed by atoms with Crippen LogP contribution in [0.2, 0.25) is 0 Å². The predicted octanol–water partition coefficient (Wildman–Crippen LogP) is 4.13. The van der Waals surface area contributed by atoms with E-state index in [2.05, 4.69) is 40.3 Å². The van der Waals surface area contributed by atoms with Gasteiger partial charge in [-0.2, -0.15) is 15.5 Å². The molecule has 5 rings (SSSR count). The number of aromatic nitrogens is 5. The van der Waals surface area contributed by atoms with Crippen molar-refractivity contribution < 1.29 is 0 Å². The van der Waals surface area contributed by atoms with Gasteiger partial charge in [-0.3, -0.25) is 4.68 Å². The van der Waals surface area contributed by atoms with E-state index in [1.54, 1.807) is 4.68 Å². The van der Waals surface area contributed by atoms with Crippen molar-refractivity contribution in [1.29, 1.82) is 5.26 Å². The maximum absolute atomic E-state index is 8.80. The summed E-state index contributed by atoms with van der Waals surface area (Å²) in [6.45, 7) is 4.35. The van der Waals surface area contributed by atoms with E-state index in [1.807, 2.05) is 35.1 Å². The zero-order chi connectivity index (χ0) is 22.5. The Morgan fingerprint density at radius 2 is 1.79 bits per heavy atom. The number of hydrogen-bond donors (Lipinski definition) is 0. The molecule has 0 amide bonds. The zero-order valence-electron chi connectivity index (χ0n) is 18.9. The molecular weight excluding hydrogens is 410 g/mol. The second-order valence-corrected chi connectivity index (χ2v) is 8.75. The number of aryl methyl sites for hydroxylation is 2. The number of pyridine rings is 1. The third-order valence-corrected chi connectivity index (χ3v) is 6.31. The monoisotopic (exact) mass is 439 g/mol. The minimum absolute atomic E-state index is 0.441. The first-order valence-corrected chi connectivity index (χ1v) is 11.8. The molecule has 7 heteroatoms. The van der Waals surface area contributed by atoms with Gasteiger partial charge in [-0.15, -0.1) is 0 Å². The summed E-state index contributed by atoms with van der Waals surface area (Å²) < 4.78 is 3.68. The summed E-state index contributed by atoms with van der Waals surface area (Å²) in [4.78, 5) is 7.32. The minimum Gasteiger partial charge on any atom is -0.303 e. The van der Waals surface area contributed by atoms with Gasteiger partial charge in [0.25, 0.3) is 0 Å². The van der Waals surface area contributed by atoms with Gasteiger partial charge >= 0.3 is 0 Å². The third-order valence-electron chi connectivity index (χ3n) is 6.31. The standard InChI is InChI=1S/C26H29N7/c27-13-5-17-32-20-23(19-28-32)24-7-3-8-26-29-25(30-33(24)26)18-22-11-9-21(10-12-22)6-4-16-31-14-1-2-15-31/h3,7-12,19-20H,1-2,4-6,14-18H2. The average Bonchev–Trinajstić information content (AvgIpc) is 3.59. The maximum atomic E-state index is 8.80. The summed E-state index contributed by atoms with van der Waals surface area (Å²) >= 11 is 0. The highest BCUT2D eigenvalue weighted by molar-refractivity contribution is 5.61. The van der Waals surface area contributed by atoms with Gasteiger partial charge in [0.2, 0.25) is 0 Å². The van der Waals surface area contributed by atoms with Gasteiger partial charge in [-0.05, 0) is 68.6 Å². The lowest BCUT2D eigenvalue weighted by Crippen LogP contribution is -2.20. The number of nitriles is 1. The summed E-state index contributed by atoms with van der Waals surface area (Å²) in [7, 11) is 0. The van der Waals surface area contributed by atoms with Gasteiger partial charge in [-0.1, -0.05) is 30.3 Å². The Hall–Kier alpha value is -3.50. The largest absolute Gasteiger partial charge is 0.303 e. The Labute approximate surface area is 194 Å². The predicted molar refractivity (Wildman–Crippen MR) is 128 cm³/mol. The first-order valence-electron chi connectivity index (χ1n) is 11.8. The molecule has 0 aliphatic carbocycles. The summed E-state index contributed by atoms with van der Waals surface area (Å²) in [6, 6.07) is 17.0. The Balaban J connectivity index is 1.25. The van der Waals surface area contributed by atoms with Crippen LogP contribution in [0.25, 0.3) is 16.9 Å². The van der Waals surface area contributed by atoms with Crippen LogP contribution in [-0.2, 0) is 19.4 Å². The molecule has 1 aliphatic heterocycles. The fourth-order valence-corrected chi connectivity index (χ4v) is 4.55. The van der Waals surface area contributed by atoms with E-state index in [0.717, 1.165) is 29.1 Å². The lowest BCUT2D eigenvalue weighted by molar-refractivity contribution is 0.334. The second-order valence-electron chi connectivity index (χ2n) is 8.75. The summed E-state index contributed by atoms with van der Waals surface area (Å²) in [5, 5.41) is 17.9. The molecular formula is C26H29N7. The Kier molecular flexibility index (Phi) is 6.45. The van der Waals surface area contributed by atoms with Crippen molar-refractivity contribution in [2.45, 2.75) is 45.1 Å². The summed E-state index contributed by atoms with van der Waals surface area (Å²) in [5.74, 6) is 0.807. The van der Waals surface area contributed by atoms with E-state index in [1.165, 1.54) is 50.0 Å². The molecule has 0 unspecified atom stereocenters. The van der Waals surface area contributed by atoms with Crippen LogP contribution in [0.5, 0.6) is 0 Å².